The van der Waals surface area contributed by atoms with Crippen molar-refractivity contribution in [1.29, 1.82) is 0 Å². The van der Waals surface area contributed by atoms with Crippen LogP contribution in [0.2, 0.25) is 0 Å². The van der Waals surface area contributed by atoms with E-state index in [2.05, 4.69) is 82.7 Å². The van der Waals surface area contributed by atoms with Gasteiger partial charge in [-0.05, 0) is 28.0 Å². The highest BCUT2D eigenvalue weighted by Crippen LogP contribution is 2.45. The van der Waals surface area contributed by atoms with Gasteiger partial charge in [-0.3, -0.25) is 0 Å². The minimum absolute atomic E-state index is 0.457. The average molecular weight is 309 g/mol. The molecular weight excluding hydrogens is 296 g/mol. The number of hydrogen-bond donors (Lipinski definition) is 0. The fourth-order valence-corrected chi connectivity index (χ4v) is 3.83. The van der Waals surface area contributed by atoms with Crippen molar-refractivity contribution in [1.82, 2.24) is 0 Å². The van der Waals surface area contributed by atoms with Crippen LogP contribution in [0.5, 0.6) is 0 Å². The molecule has 1 heteroatoms. The van der Waals surface area contributed by atoms with Crippen LogP contribution < -0.4 is 0 Å². The molecule has 4 rings (SSSR count). The zero-order valence-corrected chi connectivity index (χ0v) is 12.0. The van der Waals surface area contributed by atoms with Crippen LogP contribution in [0.15, 0.2) is 65.2 Å². The van der Waals surface area contributed by atoms with Crippen molar-refractivity contribution < 1.29 is 0 Å². The molecule has 0 fully saturated rings. The number of rotatable bonds is 0. The quantitative estimate of drug-likeness (QED) is 0.610. The van der Waals surface area contributed by atoms with E-state index >= 15 is 0 Å². The van der Waals surface area contributed by atoms with Gasteiger partial charge in [0.1, 0.15) is 0 Å². The van der Waals surface area contributed by atoms with Gasteiger partial charge >= 0.3 is 0 Å². The third-order valence-corrected chi connectivity index (χ3v) is 4.86. The second-order valence-corrected chi connectivity index (χ2v) is 6.06. The van der Waals surface area contributed by atoms with E-state index in [0.29, 0.717) is 11.8 Å². The van der Waals surface area contributed by atoms with E-state index < -0.39 is 0 Å². The van der Waals surface area contributed by atoms with Crippen molar-refractivity contribution >= 4 is 32.8 Å². The first-order valence-electron chi connectivity index (χ1n) is 6.58. The van der Waals surface area contributed by atoms with Gasteiger partial charge in [0.05, 0.1) is 0 Å². The van der Waals surface area contributed by atoms with Gasteiger partial charge in [-0.1, -0.05) is 76.6 Å². The molecule has 2 atom stereocenters. The Morgan fingerprint density at radius 1 is 0.842 bits per heavy atom. The molecule has 0 radical (unpaired) electrons. The number of hydrogen-bond acceptors (Lipinski definition) is 0. The number of fused-ring (bicyclic) bond motifs is 5. The topological polar surface area (TPSA) is 0 Å². The van der Waals surface area contributed by atoms with Crippen LogP contribution in [0.25, 0.3) is 16.8 Å². The Hall–Kier alpha value is -1.60. The number of benzene rings is 2. The van der Waals surface area contributed by atoms with Crippen LogP contribution in [-0.4, -0.2) is 0 Å². The SMILES string of the molecule is BrC1=Cc2c(ccc3ccccc23)C2C=CC=CC12. The fraction of sp³-hybridized carbons (Fsp3) is 0.111. The van der Waals surface area contributed by atoms with Gasteiger partial charge in [-0.2, -0.15) is 0 Å². The molecule has 2 aromatic carbocycles. The molecule has 0 heterocycles. The lowest BCUT2D eigenvalue weighted by Gasteiger charge is -2.30. The highest BCUT2D eigenvalue weighted by molar-refractivity contribution is 9.11. The first kappa shape index (κ1) is 11.2. The van der Waals surface area contributed by atoms with E-state index in [4.69, 9.17) is 0 Å². The van der Waals surface area contributed by atoms with Gasteiger partial charge < -0.3 is 0 Å². The van der Waals surface area contributed by atoms with E-state index in [-0.39, 0.29) is 0 Å². The maximum atomic E-state index is 3.76. The van der Waals surface area contributed by atoms with Crippen LogP contribution >= 0.6 is 15.9 Å². The molecule has 2 aromatic rings. The van der Waals surface area contributed by atoms with E-state index in [1.54, 1.807) is 0 Å². The van der Waals surface area contributed by atoms with Crippen molar-refractivity contribution in [3.63, 3.8) is 0 Å². The lowest BCUT2D eigenvalue weighted by molar-refractivity contribution is 0.686. The third-order valence-electron chi connectivity index (χ3n) is 4.10. The molecule has 0 N–H and O–H groups in total. The molecule has 0 saturated heterocycles. The molecule has 0 amide bonds. The number of halogens is 1. The molecular formula is C18H13Br. The summed E-state index contributed by atoms with van der Waals surface area (Å²) >= 11 is 3.76. The van der Waals surface area contributed by atoms with Gasteiger partial charge in [0.2, 0.25) is 0 Å². The highest BCUT2D eigenvalue weighted by atomic mass is 79.9. The predicted octanol–water partition coefficient (Wildman–Crippen LogP) is 5.42. The molecule has 2 aliphatic rings. The maximum absolute atomic E-state index is 3.76. The smallest absolute Gasteiger partial charge is 0.0191 e. The van der Waals surface area contributed by atoms with Crippen molar-refractivity contribution in [3.05, 3.63) is 76.3 Å². The fourth-order valence-electron chi connectivity index (χ4n) is 3.17. The maximum Gasteiger partial charge on any atom is 0.0191 e. The Balaban J connectivity index is 2.05. The van der Waals surface area contributed by atoms with Gasteiger partial charge in [0, 0.05) is 16.3 Å². The lowest BCUT2D eigenvalue weighted by Crippen LogP contribution is -2.16. The lowest BCUT2D eigenvalue weighted by atomic mass is 9.76. The molecule has 0 aromatic heterocycles. The van der Waals surface area contributed by atoms with Gasteiger partial charge in [-0.25, -0.2) is 0 Å². The van der Waals surface area contributed by atoms with Crippen molar-refractivity contribution in [2.24, 2.45) is 5.92 Å². The minimum atomic E-state index is 0.457. The summed E-state index contributed by atoms with van der Waals surface area (Å²) in [6.45, 7) is 0. The minimum Gasteiger partial charge on any atom is -0.0760 e. The summed E-state index contributed by atoms with van der Waals surface area (Å²) in [6.07, 6.45) is 11.2. The van der Waals surface area contributed by atoms with Crippen LogP contribution in [0.3, 0.4) is 0 Å². The molecule has 0 saturated carbocycles. The first-order chi connectivity index (χ1) is 9.34. The molecule has 2 unspecified atom stereocenters. The molecule has 0 bridgehead atoms. The number of allylic oxidation sites excluding steroid dienone is 5. The van der Waals surface area contributed by atoms with Crippen molar-refractivity contribution in [3.8, 4) is 0 Å². The summed E-state index contributed by atoms with van der Waals surface area (Å²) in [5.74, 6) is 0.919. The zero-order chi connectivity index (χ0) is 12.8. The van der Waals surface area contributed by atoms with Crippen LogP contribution in [0.4, 0.5) is 0 Å². The van der Waals surface area contributed by atoms with Gasteiger partial charge in [0.25, 0.3) is 0 Å². The van der Waals surface area contributed by atoms with E-state index in [0.717, 1.165) is 0 Å². The molecule has 2 aliphatic carbocycles. The Morgan fingerprint density at radius 3 is 2.53 bits per heavy atom. The summed E-state index contributed by atoms with van der Waals surface area (Å²) < 4.78 is 1.28. The summed E-state index contributed by atoms with van der Waals surface area (Å²) in [5, 5.41) is 2.66. The summed E-state index contributed by atoms with van der Waals surface area (Å²) in [5.41, 5.74) is 2.80. The van der Waals surface area contributed by atoms with Gasteiger partial charge in [-0.15, -0.1) is 0 Å². The molecule has 0 nitrogen and oxygen atoms in total. The standard InChI is InChI=1S/C18H13Br/c19-18-11-17-13-6-2-1-5-12(13)9-10-15(17)14-7-3-4-8-16(14)18/h1-11,14,16H. The second kappa shape index (κ2) is 4.21. The summed E-state index contributed by atoms with van der Waals surface area (Å²) in [6, 6.07) is 13.1. The summed E-state index contributed by atoms with van der Waals surface area (Å²) in [7, 11) is 0. The van der Waals surface area contributed by atoms with E-state index in [1.807, 2.05) is 0 Å². The van der Waals surface area contributed by atoms with Crippen LogP contribution in [-0.2, 0) is 0 Å². The molecule has 92 valence electrons. The predicted molar refractivity (Wildman–Crippen MR) is 85.4 cm³/mol. The molecule has 0 aliphatic heterocycles. The molecule has 19 heavy (non-hydrogen) atoms. The van der Waals surface area contributed by atoms with Crippen molar-refractivity contribution in [2.75, 3.05) is 0 Å². The Morgan fingerprint density at radius 2 is 1.63 bits per heavy atom. The monoisotopic (exact) mass is 308 g/mol. The normalized spacial score (nSPS) is 23.9. The van der Waals surface area contributed by atoms with Gasteiger partial charge in [0.15, 0.2) is 0 Å². The first-order valence-corrected chi connectivity index (χ1v) is 7.37. The highest BCUT2D eigenvalue weighted by Gasteiger charge is 2.28. The van der Waals surface area contributed by atoms with E-state index in [9.17, 15) is 0 Å². The Kier molecular flexibility index (Phi) is 2.49. The third kappa shape index (κ3) is 1.65. The van der Waals surface area contributed by atoms with Crippen molar-refractivity contribution in [2.45, 2.75) is 5.92 Å². The summed E-state index contributed by atoms with van der Waals surface area (Å²) in [4.78, 5) is 0. The Bertz CT molecular complexity index is 749. The molecule has 0 spiro atoms. The second-order valence-electron chi connectivity index (χ2n) is 5.14. The van der Waals surface area contributed by atoms with E-state index in [1.165, 1.54) is 26.4 Å². The largest absolute Gasteiger partial charge is 0.0760 e. The van der Waals surface area contributed by atoms with Crippen LogP contribution in [0, 0.1) is 5.92 Å². The van der Waals surface area contributed by atoms with Crippen LogP contribution in [0.1, 0.15) is 17.0 Å². The average Bonchev–Trinajstić information content (AvgIpc) is 2.47. The zero-order valence-electron chi connectivity index (χ0n) is 10.4. The Labute approximate surface area is 121 Å².